The van der Waals surface area contributed by atoms with Crippen molar-refractivity contribution in [3.05, 3.63) is 28.7 Å². The lowest BCUT2D eigenvalue weighted by atomic mass is 9.51. The number of sulfonamides is 1. The van der Waals surface area contributed by atoms with E-state index in [1.807, 2.05) is 0 Å². The minimum absolute atomic E-state index is 0.0125. The number of carbonyl (C=O) groups excluding carboxylic acids is 1. The van der Waals surface area contributed by atoms with Crippen LogP contribution in [0.3, 0.4) is 0 Å². The zero-order valence-electron chi connectivity index (χ0n) is 15.9. The molecule has 27 heavy (non-hydrogen) atoms. The van der Waals surface area contributed by atoms with Gasteiger partial charge in [-0.05, 0) is 93.7 Å². The number of carbonyl (C=O) groups is 1. The average Bonchev–Trinajstić information content (AvgIpc) is 2.56. The summed E-state index contributed by atoms with van der Waals surface area (Å²) in [5, 5.41) is 0. The monoisotopic (exact) mass is 453 g/mol. The fraction of sp³-hybridized carbons (Fsp3) is 0.667. The summed E-state index contributed by atoms with van der Waals surface area (Å²) < 4.78 is 28.9. The number of halogens is 1. The molecule has 1 aromatic rings. The second-order valence-corrected chi connectivity index (χ2v) is 12.0. The third-order valence-corrected chi connectivity index (χ3v) is 9.18. The molecule has 4 aliphatic carbocycles. The van der Waals surface area contributed by atoms with Gasteiger partial charge in [0.25, 0.3) is 0 Å². The molecular weight excluding hydrogens is 426 g/mol. The Hall–Kier alpha value is -0.720. The number of hydrogen-bond donors (Lipinski definition) is 1. The summed E-state index contributed by atoms with van der Waals surface area (Å²) >= 11 is 3.31. The number of nitrogens with one attached hydrogen (secondary N) is 1. The third-order valence-electron chi connectivity index (χ3n) is 7.04. The SMILES string of the molecule is CC(C)(NS(=O)(=O)c1cccc(Br)c1)C(=O)CC1C2CC3CC(C2)CC1C3. The lowest BCUT2D eigenvalue weighted by Crippen LogP contribution is -2.52. The molecule has 4 fully saturated rings. The van der Waals surface area contributed by atoms with Gasteiger partial charge in [0.15, 0.2) is 5.78 Å². The Morgan fingerprint density at radius 2 is 1.70 bits per heavy atom. The van der Waals surface area contributed by atoms with E-state index in [0.717, 1.165) is 11.8 Å². The Kier molecular flexibility index (Phi) is 5.05. The summed E-state index contributed by atoms with van der Waals surface area (Å²) in [4.78, 5) is 13.3. The van der Waals surface area contributed by atoms with Crippen LogP contribution in [0.2, 0.25) is 0 Å². The van der Waals surface area contributed by atoms with Crippen molar-refractivity contribution in [2.45, 2.75) is 62.8 Å². The Balaban J connectivity index is 1.46. The molecule has 0 unspecified atom stereocenters. The first-order chi connectivity index (χ1) is 12.6. The van der Waals surface area contributed by atoms with Gasteiger partial charge in [-0.25, -0.2) is 8.42 Å². The second-order valence-electron chi connectivity index (χ2n) is 9.41. The predicted octanol–water partition coefficient (Wildman–Crippen LogP) is 4.54. The summed E-state index contributed by atoms with van der Waals surface area (Å²) in [5.74, 6) is 3.55. The molecule has 0 amide bonds. The van der Waals surface area contributed by atoms with E-state index in [2.05, 4.69) is 20.7 Å². The summed E-state index contributed by atoms with van der Waals surface area (Å²) in [6, 6.07) is 6.57. The molecule has 0 aliphatic heterocycles. The number of hydrogen-bond acceptors (Lipinski definition) is 3. The van der Waals surface area contributed by atoms with Gasteiger partial charge in [-0.3, -0.25) is 4.79 Å². The van der Waals surface area contributed by atoms with E-state index in [0.29, 0.717) is 28.6 Å². The van der Waals surface area contributed by atoms with Crippen LogP contribution < -0.4 is 4.72 Å². The van der Waals surface area contributed by atoms with Crippen LogP contribution in [0.5, 0.6) is 0 Å². The maximum absolute atomic E-state index is 13.1. The first-order valence-electron chi connectivity index (χ1n) is 9.97. The van der Waals surface area contributed by atoms with Crippen molar-refractivity contribution in [1.29, 1.82) is 0 Å². The summed E-state index contributed by atoms with van der Waals surface area (Å²) in [5.41, 5.74) is -1.10. The number of rotatable bonds is 6. The highest BCUT2D eigenvalue weighted by Crippen LogP contribution is 2.57. The van der Waals surface area contributed by atoms with Gasteiger partial charge in [0.2, 0.25) is 10.0 Å². The van der Waals surface area contributed by atoms with Crippen molar-refractivity contribution < 1.29 is 13.2 Å². The molecule has 148 valence electrons. The molecule has 0 heterocycles. The van der Waals surface area contributed by atoms with E-state index in [9.17, 15) is 13.2 Å². The maximum atomic E-state index is 13.1. The van der Waals surface area contributed by atoms with E-state index in [4.69, 9.17) is 0 Å². The molecule has 1 aromatic carbocycles. The molecule has 4 bridgehead atoms. The molecule has 0 saturated heterocycles. The molecule has 4 nitrogen and oxygen atoms in total. The predicted molar refractivity (Wildman–Crippen MR) is 109 cm³/mol. The van der Waals surface area contributed by atoms with Crippen molar-refractivity contribution in [2.75, 3.05) is 0 Å². The average molecular weight is 454 g/mol. The van der Waals surface area contributed by atoms with Gasteiger partial charge in [0.05, 0.1) is 10.4 Å². The van der Waals surface area contributed by atoms with E-state index in [1.165, 1.54) is 32.1 Å². The van der Waals surface area contributed by atoms with E-state index < -0.39 is 15.6 Å². The molecule has 0 aromatic heterocycles. The van der Waals surface area contributed by atoms with Crippen molar-refractivity contribution >= 4 is 31.7 Å². The quantitative estimate of drug-likeness (QED) is 0.687. The number of Topliss-reactive ketones (excluding diaryl/α,β-unsaturated/α-hetero) is 1. The van der Waals surface area contributed by atoms with Gasteiger partial charge in [-0.1, -0.05) is 22.0 Å². The molecule has 1 N–H and O–H groups in total. The second kappa shape index (κ2) is 6.96. The van der Waals surface area contributed by atoms with Crippen molar-refractivity contribution in [3.63, 3.8) is 0 Å². The smallest absolute Gasteiger partial charge is 0.241 e. The van der Waals surface area contributed by atoms with Crippen LogP contribution in [0.4, 0.5) is 0 Å². The van der Waals surface area contributed by atoms with Gasteiger partial charge in [0.1, 0.15) is 0 Å². The number of ketones is 1. The minimum atomic E-state index is -3.75. The summed E-state index contributed by atoms with van der Waals surface area (Å²) in [7, 11) is -3.75. The first-order valence-corrected chi connectivity index (χ1v) is 12.2. The fourth-order valence-electron chi connectivity index (χ4n) is 5.93. The highest BCUT2D eigenvalue weighted by atomic mass is 79.9. The van der Waals surface area contributed by atoms with Crippen LogP contribution in [0.25, 0.3) is 0 Å². The Morgan fingerprint density at radius 1 is 1.11 bits per heavy atom. The number of benzene rings is 1. The molecule has 0 atom stereocenters. The van der Waals surface area contributed by atoms with Gasteiger partial charge in [0, 0.05) is 10.9 Å². The Morgan fingerprint density at radius 3 is 2.26 bits per heavy atom. The topological polar surface area (TPSA) is 63.2 Å². The lowest BCUT2D eigenvalue weighted by Gasteiger charge is -2.54. The molecule has 0 spiro atoms. The largest absolute Gasteiger partial charge is 0.298 e. The maximum Gasteiger partial charge on any atom is 0.241 e. The highest BCUT2D eigenvalue weighted by molar-refractivity contribution is 9.10. The standard InChI is InChI=1S/C21H28BrNO3S/c1-21(2,23-27(25,26)18-5-3-4-17(22)11-18)20(24)12-19-15-7-13-6-14(9-15)10-16(19)8-13/h3-5,11,13-16,19,23H,6-10,12H2,1-2H3. The van der Waals surface area contributed by atoms with E-state index in [1.54, 1.807) is 38.1 Å². The summed E-state index contributed by atoms with van der Waals surface area (Å²) in [6.45, 7) is 3.39. The van der Waals surface area contributed by atoms with Gasteiger partial charge in [-0.2, -0.15) is 4.72 Å². The van der Waals surface area contributed by atoms with E-state index >= 15 is 0 Å². The normalized spacial score (nSPS) is 32.6. The first kappa shape index (κ1) is 19.6. The molecule has 0 radical (unpaired) electrons. The van der Waals surface area contributed by atoms with Crippen molar-refractivity contribution in [2.24, 2.45) is 29.6 Å². The van der Waals surface area contributed by atoms with Crippen molar-refractivity contribution in [1.82, 2.24) is 4.72 Å². The Labute approximate surface area is 170 Å². The minimum Gasteiger partial charge on any atom is -0.298 e. The van der Waals surface area contributed by atoms with Crippen LogP contribution in [0.15, 0.2) is 33.6 Å². The molecular formula is C21H28BrNO3S. The molecule has 4 saturated carbocycles. The zero-order chi connectivity index (χ0) is 19.4. The van der Waals surface area contributed by atoms with Gasteiger partial charge in [-0.15, -0.1) is 0 Å². The van der Waals surface area contributed by atoms with Gasteiger partial charge < -0.3 is 0 Å². The van der Waals surface area contributed by atoms with Crippen molar-refractivity contribution in [3.8, 4) is 0 Å². The van der Waals surface area contributed by atoms with Gasteiger partial charge >= 0.3 is 0 Å². The lowest BCUT2D eigenvalue weighted by molar-refractivity contribution is -0.128. The van der Waals surface area contributed by atoms with Crippen LogP contribution in [0.1, 0.15) is 52.4 Å². The van der Waals surface area contributed by atoms with E-state index in [-0.39, 0.29) is 10.7 Å². The van der Waals surface area contributed by atoms with Crippen LogP contribution >= 0.6 is 15.9 Å². The molecule has 5 rings (SSSR count). The summed E-state index contributed by atoms with van der Waals surface area (Å²) in [6.07, 6.45) is 6.99. The van der Waals surface area contributed by atoms with Crippen LogP contribution in [-0.2, 0) is 14.8 Å². The fourth-order valence-corrected chi connectivity index (χ4v) is 7.92. The van der Waals surface area contributed by atoms with Crippen LogP contribution in [-0.4, -0.2) is 19.7 Å². The highest BCUT2D eigenvalue weighted by Gasteiger charge is 2.49. The molecule has 6 heteroatoms. The zero-order valence-corrected chi connectivity index (χ0v) is 18.4. The third kappa shape index (κ3) is 3.90. The Bertz CT molecular complexity index is 821. The van der Waals surface area contributed by atoms with Crippen LogP contribution in [0, 0.1) is 29.6 Å². The molecule has 4 aliphatic rings.